The molecule has 0 saturated heterocycles. The van der Waals surface area contributed by atoms with Crippen molar-refractivity contribution in [2.45, 2.75) is 0 Å². The van der Waals surface area contributed by atoms with Crippen molar-refractivity contribution in [1.82, 2.24) is 19.0 Å². The van der Waals surface area contributed by atoms with Crippen molar-refractivity contribution in [3.05, 3.63) is 73.6 Å². The van der Waals surface area contributed by atoms with E-state index in [9.17, 15) is 0 Å². The Balaban J connectivity index is 0.000000111. The monoisotopic (exact) mass is 236 g/mol. The molecule has 0 fully saturated rings. The van der Waals surface area contributed by atoms with Crippen molar-refractivity contribution in [3.8, 4) is 0 Å². The van der Waals surface area contributed by atoms with E-state index in [1.54, 1.807) is 12.5 Å². The molecule has 0 aliphatic carbocycles. The van der Waals surface area contributed by atoms with Crippen molar-refractivity contribution in [2.75, 3.05) is 0 Å². The van der Waals surface area contributed by atoms with Gasteiger partial charge in [0.25, 0.3) is 0 Å². The number of hydrogen-bond donors (Lipinski definition) is 0. The van der Waals surface area contributed by atoms with E-state index in [-0.39, 0.29) is 0 Å². The molecule has 0 N–H and O–H groups in total. The Bertz CT molecular complexity index is 628. The molecule has 0 saturated carbocycles. The third-order valence-electron chi connectivity index (χ3n) is 2.62. The van der Waals surface area contributed by atoms with Gasteiger partial charge in [-0.25, -0.2) is 9.50 Å². The molecule has 0 spiro atoms. The highest BCUT2D eigenvalue weighted by atomic mass is 15.2. The van der Waals surface area contributed by atoms with Gasteiger partial charge in [0.15, 0.2) is 0 Å². The van der Waals surface area contributed by atoms with Gasteiger partial charge in [0.2, 0.25) is 0 Å². The van der Waals surface area contributed by atoms with Gasteiger partial charge in [-0.15, -0.1) is 0 Å². The molecule has 0 radical (unpaired) electrons. The zero-order chi connectivity index (χ0) is 12.2. The molecule has 0 atom stereocenters. The molecular formula is C14H12N4. The number of rotatable bonds is 0. The minimum absolute atomic E-state index is 1.14. The molecule has 0 aliphatic heterocycles. The summed E-state index contributed by atoms with van der Waals surface area (Å²) in [6.07, 6.45) is 9.29. The lowest BCUT2D eigenvalue weighted by atomic mass is 10.4. The predicted octanol–water partition coefficient (Wildman–Crippen LogP) is 2.67. The number of hydrogen-bond acceptors (Lipinski definition) is 2. The van der Waals surface area contributed by atoms with Crippen LogP contribution in [0.15, 0.2) is 73.6 Å². The van der Waals surface area contributed by atoms with Gasteiger partial charge in [-0.2, -0.15) is 5.10 Å². The van der Waals surface area contributed by atoms with E-state index in [1.807, 2.05) is 70.0 Å². The average Bonchev–Trinajstić information content (AvgIpc) is 3.08. The Hall–Kier alpha value is -2.62. The predicted molar refractivity (Wildman–Crippen MR) is 70.4 cm³/mol. The summed E-state index contributed by atoms with van der Waals surface area (Å²) >= 11 is 0. The first-order valence-electron chi connectivity index (χ1n) is 5.68. The van der Waals surface area contributed by atoms with Crippen LogP contribution in [0.5, 0.6) is 0 Å². The maximum atomic E-state index is 4.06. The minimum atomic E-state index is 1.14. The SMILES string of the molecule is c1ccn2cncc2c1.c1cnn2cccc2c1. The van der Waals surface area contributed by atoms with E-state index in [2.05, 4.69) is 10.1 Å². The third-order valence-corrected chi connectivity index (χ3v) is 2.62. The third kappa shape index (κ3) is 2.08. The van der Waals surface area contributed by atoms with Crippen molar-refractivity contribution in [1.29, 1.82) is 0 Å². The second kappa shape index (κ2) is 4.71. The number of nitrogens with zero attached hydrogens (tertiary/aromatic N) is 4. The van der Waals surface area contributed by atoms with Crippen molar-refractivity contribution < 1.29 is 0 Å². The Kier molecular flexibility index (Phi) is 2.75. The zero-order valence-corrected chi connectivity index (χ0v) is 9.72. The summed E-state index contributed by atoms with van der Waals surface area (Å²) in [6.45, 7) is 0. The second-order valence-corrected chi connectivity index (χ2v) is 3.83. The number of aromatic nitrogens is 4. The van der Waals surface area contributed by atoms with Crippen LogP contribution in [-0.2, 0) is 0 Å². The van der Waals surface area contributed by atoms with Crippen LogP contribution in [0.1, 0.15) is 0 Å². The highest BCUT2D eigenvalue weighted by Crippen LogP contribution is 1.99. The van der Waals surface area contributed by atoms with Gasteiger partial charge >= 0.3 is 0 Å². The van der Waals surface area contributed by atoms with Gasteiger partial charge in [0.1, 0.15) is 0 Å². The van der Waals surface area contributed by atoms with Crippen LogP contribution in [0.25, 0.3) is 11.0 Å². The molecule has 0 aliphatic rings. The fourth-order valence-corrected chi connectivity index (χ4v) is 1.74. The Morgan fingerprint density at radius 2 is 1.72 bits per heavy atom. The Morgan fingerprint density at radius 3 is 2.61 bits per heavy atom. The van der Waals surface area contributed by atoms with E-state index < -0.39 is 0 Å². The molecule has 4 heterocycles. The normalized spacial score (nSPS) is 10.2. The summed E-state index contributed by atoms with van der Waals surface area (Å²) in [5.74, 6) is 0. The van der Waals surface area contributed by atoms with Crippen molar-refractivity contribution in [3.63, 3.8) is 0 Å². The van der Waals surface area contributed by atoms with E-state index >= 15 is 0 Å². The van der Waals surface area contributed by atoms with Gasteiger partial charge in [0, 0.05) is 18.6 Å². The lowest BCUT2D eigenvalue weighted by Gasteiger charge is -1.87. The van der Waals surface area contributed by atoms with Crippen molar-refractivity contribution in [2.24, 2.45) is 0 Å². The summed E-state index contributed by atoms with van der Waals surface area (Å²) in [7, 11) is 0. The first-order chi connectivity index (χ1) is 8.93. The maximum absolute atomic E-state index is 4.06. The standard InChI is InChI=1S/2C7H6N2/c1-3-7-4-2-6-9(7)8-5-1;1-2-4-9-6-8-5-7(9)3-1/h2*1-6H. The molecule has 4 heteroatoms. The number of pyridine rings is 1. The lowest BCUT2D eigenvalue weighted by molar-refractivity contribution is 0.941. The van der Waals surface area contributed by atoms with Gasteiger partial charge in [-0.05, 0) is 36.4 Å². The smallest absolute Gasteiger partial charge is 0.0991 e. The van der Waals surface area contributed by atoms with Crippen LogP contribution in [-0.4, -0.2) is 19.0 Å². The summed E-state index contributed by atoms with van der Waals surface area (Å²) < 4.78 is 3.81. The first-order valence-corrected chi connectivity index (χ1v) is 5.68. The topological polar surface area (TPSA) is 34.6 Å². The average molecular weight is 236 g/mol. The van der Waals surface area contributed by atoms with Gasteiger partial charge in [0.05, 0.1) is 23.6 Å². The summed E-state index contributed by atoms with van der Waals surface area (Å²) in [6, 6.07) is 13.9. The molecule has 0 bridgehead atoms. The largest absolute Gasteiger partial charge is 0.306 e. The summed E-state index contributed by atoms with van der Waals surface area (Å²) in [4.78, 5) is 3.96. The molecule has 4 nitrogen and oxygen atoms in total. The zero-order valence-electron chi connectivity index (χ0n) is 9.72. The van der Waals surface area contributed by atoms with E-state index in [1.165, 1.54) is 0 Å². The molecule has 4 aromatic heterocycles. The molecule has 0 amide bonds. The summed E-state index contributed by atoms with van der Waals surface area (Å²) in [5.41, 5.74) is 2.27. The van der Waals surface area contributed by atoms with Gasteiger partial charge < -0.3 is 4.40 Å². The van der Waals surface area contributed by atoms with Gasteiger partial charge in [-0.1, -0.05) is 6.07 Å². The Morgan fingerprint density at radius 1 is 0.833 bits per heavy atom. The van der Waals surface area contributed by atoms with Crippen LogP contribution in [0.4, 0.5) is 0 Å². The van der Waals surface area contributed by atoms with Gasteiger partial charge in [-0.3, -0.25) is 0 Å². The van der Waals surface area contributed by atoms with E-state index in [4.69, 9.17) is 0 Å². The quantitative estimate of drug-likeness (QED) is 0.470. The number of fused-ring (bicyclic) bond motifs is 2. The molecular weight excluding hydrogens is 224 g/mol. The fraction of sp³-hybridized carbons (Fsp3) is 0. The molecule has 88 valence electrons. The van der Waals surface area contributed by atoms with Crippen molar-refractivity contribution >= 4 is 11.0 Å². The van der Waals surface area contributed by atoms with Crippen LogP contribution >= 0.6 is 0 Å². The van der Waals surface area contributed by atoms with Crippen LogP contribution in [0.2, 0.25) is 0 Å². The van der Waals surface area contributed by atoms with Crippen LogP contribution in [0.3, 0.4) is 0 Å². The fourth-order valence-electron chi connectivity index (χ4n) is 1.74. The van der Waals surface area contributed by atoms with E-state index in [0.717, 1.165) is 11.0 Å². The highest BCUT2D eigenvalue weighted by Gasteiger charge is 1.86. The molecule has 18 heavy (non-hydrogen) atoms. The molecule has 0 unspecified atom stereocenters. The Labute approximate surface area is 104 Å². The van der Waals surface area contributed by atoms with Crippen LogP contribution in [0, 0.1) is 0 Å². The maximum Gasteiger partial charge on any atom is 0.0991 e. The minimum Gasteiger partial charge on any atom is -0.306 e. The van der Waals surface area contributed by atoms with E-state index in [0.29, 0.717) is 0 Å². The first kappa shape index (κ1) is 10.5. The summed E-state index contributed by atoms with van der Waals surface area (Å²) in [5, 5.41) is 4.06. The molecule has 0 aromatic carbocycles. The second-order valence-electron chi connectivity index (χ2n) is 3.83. The van der Waals surface area contributed by atoms with Crippen LogP contribution < -0.4 is 0 Å². The lowest BCUT2D eigenvalue weighted by Crippen LogP contribution is -1.84. The highest BCUT2D eigenvalue weighted by molar-refractivity contribution is 5.45. The molecule has 4 aromatic rings. The number of imidazole rings is 1. The molecule has 4 rings (SSSR count).